The van der Waals surface area contributed by atoms with Crippen molar-refractivity contribution in [1.29, 1.82) is 0 Å². The molecule has 0 bridgehead atoms. The first kappa shape index (κ1) is 15.3. The second kappa shape index (κ2) is 5.92. The van der Waals surface area contributed by atoms with Crippen LogP contribution in [0.15, 0.2) is 51.8 Å². The number of anilines is 1. The number of fused-ring (bicyclic) bond motifs is 1. The maximum atomic E-state index is 12.3. The van der Waals surface area contributed by atoms with Gasteiger partial charge in [-0.15, -0.1) is 0 Å². The van der Waals surface area contributed by atoms with E-state index in [0.717, 1.165) is 6.20 Å². The van der Waals surface area contributed by atoms with E-state index in [-0.39, 0.29) is 17.1 Å². The number of amides is 1. The Hall–Kier alpha value is -3.55. The van der Waals surface area contributed by atoms with E-state index in [1.54, 1.807) is 24.3 Å². The third-order valence-electron chi connectivity index (χ3n) is 3.41. The first-order valence-corrected chi connectivity index (χ1v) is 6.91. The molecule has 0 radical (unpaired) electrons. The fourth-order valence-electron chi connectivity index (χ4n) is 2.21. The number of hydrogen-bond acceptors (Lipinski definition) is 6. The Morgan fingerprint density at radius 1 is 1.29 bits per heavy atom. The number of hydrogen-bond donors (Lipinski definition) is 1. The van der Waals surface area contributed by atoms with Crippen LogP contribution in [0.1, 0.15) is 15.9 Å². The number of carbonyl (C=O) groups is 1. The Morgan fingerprint density at radius 2 is 2.04 bits per heavy atom. The van der Waals surface area contributed by atoms with Gasteiger partial charge in [0.15, 0.2) is 0 Å². The van der Waals surface area contributed by atoms with Gasteiger partial charge in [-0.3, -0.25) is 14.9 Å². The topological polar surface area (TPSA) is 115 Å². The van der Waals surface area contributed by atoms with E-state index in [1.807, 2.05) is 0 Å². The highest BCUT2D eigenvalue weighted by molar-refractivity contribution is 6.05. The third kappa shape index (κ3) is 2.84. The molecule has 2 aromatic heterocycles. The predicted molar refractivity (Wildman–Crippen MR) is 86.1 cm³/mol. The summed E-state index contributed by atoms with van der Waals surface area (Å²) in [6, 6.07) is 9.59. The quantitative estimate of drug-likeness (QED) is 0.449. The van der Waals surface area contributed by atoms with E-state index in [9.17, 15) is 19.7 Å². The van der Waals surface area contributed by atoms with Gasteiger partial charge in [0.05, 0.1) is 4.92 Å². The molecule has 0 fully saturated rings. The van der Waals surface area contributed by atoms with Gasteiger partial charge >= 0.3 is 5.63 Å². The molecule has 24 heavy (non-hydrogen) atoms. The van der Waals surface area contributed by atoms with Crippen molar-refractivity contribution in [2.45, 2.75) is 6.92 Å². The zero-order valence-electron chi connectivity index (χ0n) is 12.5. The highest BCUT2D eigenvalue weighted by atomic mass is 16.6. The van der Waals surface area contributed by atoms with Crippen LogP contribution in [0.2, 0.25) is 0 Å². The molecule has 1 aromatic carbocycles. The van der Waals surface area contributed by atoms with E-state index in [0.29, 0.717) is 16.5 Å². The molecule has 0 aliphatic rings. The SMILES string of the molecule is Cc1cc(NC(=O)c2cc3ccccc3oc2=O)ncc1[N+](=O)[O-]. The highest BCUT2D eigenvalue weighted by Gasteiger charge is 2.16. The Kier molecular flexibility index (Phi) is 3.78. The smallest absolute Gasteiger partial charge is 0.349 e. The molecule has 1 N–H and O–H groups in total. The lowest BCUT2D eigenvalue weighted by Crippen LogP contribution is -2.21. The predicted octanol–water partition coefficient (Wildman–Crippen LogP) is 2.66. The van der Waals surface area contributed by atoms with Crippen LogP contribution in [0.25, 0.3) is 11.0 Å². The molecule has 0 spiro atoms. The fourth-order valence-corrected chi connectivity index (χ4v) is 2.21. The average Bonchev–Trinajstić information content (AvgIpc) is 2.53. The minimum atomic E-state index is -0.773. The maximum absolute atomic E-state index is 12.3. The van der Waals surface area contributed by atoms with Gasteiger partial charge in [-0.1, -0.05) is 18.2 Å². The number of benzene rings is 1. The van der Waals surface area contributed by atoms with Crippen molar-refractivity contribution in [2.24, 2.45) is 0 Å². The molecule has 0 aliphatic carbocycles. The molecule has 8 nitrogen and oxygen atoms in total. The van der Waals surface area contributed by atoms with Crippen molar-refractivity contribution in [3.63, 3.8) is 0 Å². The number of nitrogens with zero attached hydrogens (tertiary/aromatic N) is 2. The molecule has 2 heterocycles. The second-order valence-corrected chi connectivity index (χ2v) is 5.05. The minimum absolute atomic E-state index is 0.107. The first-order chi connectivity index (χ1) is 11.5. The van der Waals surface area contributed by atoms with Crippen LogP contribution in [0.3, 0.4) is 0 Å². The van der Waals surface area contributed by atoms with Crippen LogP contribution >= 0.6 is 0 Å². The van der Waals surface area contributed by atoms with E-state index >= 15 is 0 Å². The molecule has 1 amide bonds. The van der Waals surface area contributed by atoms with Crippen molar-refractivity contribution < 1.29 is 14.1 Å². The zero-order valence-corrected chi connectivity index (χ0v) is 12.5. The molecule has 8 heteroatoms. The summed E-state index contributed by atoms with van der Waals surface area (Å²) < 4.78 is 5.10. The molecular formula is C16H11N3O5. The Bertz CT molecular complexity index is 1030. The molecule has 0 saturated carbocycles. The summed E-state index contributed by atoms with van der Waals surface area (Å²) in [5.74, 6) is -0.592. The number of aromatic nitrogens is 1. The average molecular weight is 325 g/mol. The van der Waals surface area contributed by atoms with Gasteiger partial charge in [-0.2, -0.15) is 0 Å². The standard InChI is InChI=1S/C16H11N3O5/c1-9-6-14(17-8-12(9)19(22)23)18-15(20)11-7-10-4-2-3-5-13(10)24-16(11)21/h2-8H,1H3,(H,17,18,20). The molecule has 0 atom stereocenters. The van der Waals surface area contributed by atoms with Crippen LogP contribution in [-0.2, 0) is 0 Å². The normalized spacial score (nSPS) is 10.5. The molecule has 0 unspecified atom stereocenters. The number of rotatable bonds is 3. The molecule has 0 saturated heterocycles. The number of nitrogens with one attached hydrogen (secondary N) is 1. The summed E-state index contributed by atoms with van der Waals surface area (Å²) >= 11 is 0. The van der Waals surface area contributed by atoms with E-state index < -0.39 is 16.5 Å². The second-order valence-electron chi connectivity index (χ2n) is 5.05. The maximum Gasteiger partial charge on any atom is 0.349 e. The summed E-state index contributed by atoms with van der Waals surface area (Å²) in [6.45, 7) is 1.53. The Morgan fingerprint density at radius 3 is 2.75 bits per heavy atom. The summed E-state index contributed by atoms with van der Waals surface area (Å²) in [4.78, 5) is 38.2. The lowest BCUT2D eigenvalue weighted by Gasteiger charge is -2.05. The van der Waals surface area contributed by atoms with Crippen LogP contribution in [0, 0.1) is 17.0 Å². The van der Waals surface area contributed by atoms with E-state index in [4.69, 9.17) is 4.42 Å². The van der Waals surface area contributed by atoms with Crippen molar-refractivity contribution in [2.75, 3.05) is 5.32 Å². The molecule has 3 rings (SSSR count). The van der Waals surface area contributed by atoms with Crippen LogP contribution in [0.5, 0.6) is 0 Å². The fraction of sp³-hybridized carbons (Fsp3) is 0.0625. The van der Waals surface area contributed by atoms with Gasteiger partial charge in [0, 0.05) is 10.9 Å². The highest BCUT2D eigenvalue weighted by Crippen LogP contribution is 2.19. The van der Waals surface area contributed by atoms with Crippen molar-refractivity contribution in [3.05, 3.63) is 74.3 Å². The van der Waals surface area contributed by atoms with Crippen molar-refractivity contribution in [1.82, 2.24) is 4.98 Å². The Balaban J connectivity index is 1.93. The molecule has 0 aliphatic heterocycles. The first-order valence-electron chi connectivity index (χ1n) is 6.91. The number of pyridine rings is 1. The van der Waals surface area contributed by atoms with Crippen molar-refractivity contribution >= 4 is 28.4 Å². The van der Waals surface area contributed by atoms with Crippen molar-refractivity contribution in [3.8, 4) is 0 Å². The van der Waals surface area contributed by atoms with Gasteiger partial charge in [-0.05, 0) is 25.1 Å². The zero-order chi connectivity index (χ0) is 17.3. The van der Waals surface area contributed by atoms with E-state index in [2.05, 4.69) is 10.3 Å². The molecule has 120 valence electrons. The van der Waals surface area contributed by atoms with Crippen LogP contribution in [0.4, 0.5) is 11.5 Å². The van der Waals surface area contributed by atoms with Crippen LogP contribution in [-0.4, -0.2) is 15.8 Å². The van der Waals surface area contributed by atoms with Crippen LogP contribution < -0.4 is 10.9 Å². The Labute approximate surface area is 134 Å². The van der Waals surface area contributed by atoms with Gasteiger partial charge in [0.2, 0.25) is 0 Å². The summed E-state index contributed by atoms with van der Waals surface area (Å²) in [6.07, 6.45) is 1.05. The monoisotopic (exact) mass is 325 g/mol. The van der Waals surface area contributed by atoms with Gasteiger partial charge < -0.3 is 9.73 Å². The molecule has 3 aromatic rings. The van der Waals surface area contributed by atoms with Gasteiger partial charge in [-0.25, -0.2) is 9.78 Å². The molecular weight excluding hydrogens is 314 g/mol. The summed E-state index contributed by atoms with van der Waals surface area (Å²) in [5.41, 5.74) is -0.381. The lowest BCUT2D eigenvalue weighted by molar-refractivity contribution is -0.385. The lowest BCUT2D eigenvalue weighted by atomic mass is 10.2. The van der Waals surface area contributed by atoms with E-state index in [1.165, 1.54) is 19.1 Å². The summed E-state index contributed by atoms with van der Waals surface area (Å²) in [7, 11) is 0. The number of nitro groups is 1. The third-order valence-corrected chi connectivity index (χ3v) is 3.41. The number of aryl methyl sites for hydroxylation is 1. The number of para-hydroxylation sites is 1. The van der Waals surface area contributed by atoms with Gasteiger partial charge in [0.25, 0.3) is 11.6 Å². The number of carbonyl (C=O) groups excluding carboxylic acids is 1. The van der Waals surface area contributed by atoms with Gasteiger partial charge in [0.1, 0.15) is 23.2 Å². The minimum Gasteiger partial charge on any atom is -0.422 e. The summed E-state index contributed by atoms with van der Waals surface area (Å²) in [5, 5.41) is 13.8. The largest absolute Gasteiger partial charge is 0.422 e.